The van der Waals surface area contributed by atoms with Crippen LogP contribution in [0.3, 0.4) is 0 Å². The van der Waals surface area contributed by atoms with Crippen LogP contribution in [0.4, 0.5) is 5.13 Å². The van der Waals surface area contributed by atoms with E-state index in [-0.39, 0.29) is 5.57 Å². The molecule has 1 amide bonds. The van der Waals surface area contributed by atoms with Crippen LogP contribution in [0, 0.1) is 11.3 Å². The van der Waals surface area contributed by atoms with Gasteiger partial charge in [0.05, 0.1) is 23.4 Å². The molecule has 0 atom stereocenters. The number of carbonyl (C=O) groups excluding carboxylic acids is 1. The molecule has 0 bridgehead atoms. The Morgan fingerprint density at radius 2 is 1.77 bits per heavy atom. The molecule has 0 aliphatic heterocycles. The Morgan fingerprint density at radius 3 is 2.60 bits per heavy atom. The van der Waals surface area contributed by atoms with E-state index in [0.29, 0.717) is 42.0 Å². The molecule has 1 heterocycles. The summed E-state index contributed by atoms with van der Waals surface area (Å²) in [6.45, 7) is 5.18. The molecule has 5 rings (SSSR count). The second-order valence-corrected chi connectivity index (χ2v) is 9.80. The molecular weight excluding hydrogens is 522 g/mol. The molecule has 0 aliphatic carbocycles. The predicted molar refractivity (Wildman–Crippen MR) is 159 cm³/mol. The number of carbonyl (C=O) groups is 1. The standard InChI is InChI=1S/C32H27N3O4S/c1-3-37-25-13-14-27-30(18-25)40-32(34-27)35-31(36)24(19-33)16-21-12-15-28(29(17-21)38-4-2)39-20-23-10-7-9-22-8-5-6-11-26(22)23/h5-18H,3-4,20H2,1-2H3,(H,34,35,36)/b24-16+. The molecular formula is C32H27N3O4S. The van der Waals surface area contributed by atoms with Gasteiger partial charge in [0.15, 0.2) is 16.6 Å². The van der Waals surface area contributed by atoms with E-state index in [1.165, 1.54) is 17.4 Å². The Kier molecular flexibility index (Phi) is 8.24. The molecule has 1 N–H and O–H groups in total. The largest absolute Gasteiger partial charge is 0.494 e. The summed E-state index contributed by atoms with van der Waals surface area (Å²) in [5.41, 5.74) is 2.39. The Labute approximate surface area is 236 Å². The number of fused-ring (bicyclic) bond motifs is 2. The van der Waals surface area contributed by atoms with Crippen molar-refractivity contribution in [1.29, 1.82) is 5.26 Å². The third kappa shape index (κ3) is 6.06. The summed E-state index contributed by atoms with van der Waals surface area (Å²) in [4.78, 5) is 17.4. The summed E-state index contributed by atoms with van der Waals surface area (Å²) < 4.78 is 18.4. The van der Waals surface area contributed by atoms with Crippen LogP contribution in [0.1, 0.15) is 25.0 Å². The predicted octanol–water partition coefficient (Wildman–Crippen LogP) is 7.37. The molecule has 7 nitrogen and oxygen atoms in total. The number of benzene rings is 4. The molecule has 200 valence electrons. The van der Waals surface area contributed by atoms with Gasteiger partial charge in [-0.2, -0.15) is 5.26 Å². The topological polar surface area (TPSA) is 93.5 Å². The molecule has 1 aromatic heterocycles. The lowest BCUT2D eigenvalue weighted by Crippen LogP contribution is -2.13. The molecule has 0 unspecified atom stereocenters. The number of nitrogens with one attached hydrogen (secondary N) is 1. The highest BCUT2D eigenvalue weighted by atomic mass is 32.1. The molecule has 0 saturated heterocycles. The van der Waals surface area contributed by atoms with Gasteiger partial charge in [0, 0.05) is 0 Å². The monoisotopic (exact) mass is 549 g/mol. The molecule has 0 fully saturated rings. The number of hydrogen-bond donors (Lipinski definition) is 1. The highest BCUT2D eigenvalue weighted by Crippen LogP contribution is 2.32. The fourth-order valence-corrected chi connectivity index (χ4v) is 5.16. The minimum Gasteiger partial charge on any atom is -0.494 e. The zero-order valence-electron chi connectivity index (χ0n) is 22.1. The van der Waals surface area contributed by atoms with E-state index < -0.39 is 5.91 Å². The smallest absolute Gasteiger partial charge is 0.268 e. The van der Waals surface area contributed by atoms with E-state index in [4.69, 9.17) is 14.2 Å². The third-order valence-corrected chi connectivity index (χ3v) is 7.03. The fourth-order valence-electron chi connectivity index (χ4n) is 4.27. The summed E-state index contributed by atoms with van der Waals surface area (Å²) in [6, 6.07) is 27.2. The lowest BCUT2D eigenvalue weighted by atomic mass is 10.1. The number of ether oxygens (including phenoxy) is 3. The van der Waals surface area contributed by atoms with Crippen LogP contribution < -0.4 is 19.5 Å². The number of aromatic nitrogens is 1. The molecule has 4 aromatic carbocycles. The second-order valence-electron chi connectivity index (χ2n) is 8.77. The Hall–Kier alpha value is -4.87. The zero-order valence-corrected chi connectivity index (χ0v) is 23.0. The van der Waals surface area contributed by atoms with Crippen molar-refractivity contribution in [2.24, 2.45) is 0 Å². The molecule has 0 spiro atoms. The first-order valence-corrected chi connectivity index (χ1v) is 13.7. The number of hydrogen-bond acceptors (Lipinski definition) is 7. The van der Waals surface area contributed by atoms with Gasteiger partial charge in [-0.25, -0.2) is 4.98 Å². The fraction of sp³-hybridized carbons (Fsp3) is 0.156. The van der Waals surface area contributed by atoms with Gasteiger partial charge in [0.2, 0.25) is 0 Å². The van der Waals surface area contributed by atoms with Crippen molar-refractivity contribution in [3.05, 3.63) is 95.6 Å². The van der Waals surface area contributed by atoms with Gasteiger partial charge in [-0.3, -0.25) is 10.1 Å². The van der Waals surface area contributed by atoms with Gasteiger partial charge >= 0.3 is 0 Å². The van der Waals surface area contributed by atoms with Crippen LogP contribution >= 0.6 is 11.3 Å². The first kappa shape index (κ1) is 26.7. The summed E-state index contributed by atoms with van der Waals surface area (Å²) in [6.07, 6.45) is 1.52. The minimum absolute atomic E-state index is 0.0545. The number of anilines is 1. The van der Waals surface area contributed by atoms with E-state index in [0.717, 1.165) is 32.3 Å². The van der Waals surface area contributed by atoms with Crippen LogP contribution in [0.25, 0.3) is 27.1 Å². The van der Waals surface area contributed by atoms with Crippen LogP contribution in [0.15, 0.2) is 84.4 Å². The van der Waals surface area contributed by atoms with Crippen molar-refractivity contribution in [2.45, 2.75) is 20.5 Å². The van der Waals surface area contributed by atoms with Gasteiger partial charge in [-0.05, 0) is 72.2 Å². The van der Waals surface area contributed by atoms with Gasteiger partial charge < -0.3 is 14.2 Å². The maximum Gasteiger partial charge on any atom is 0.268 e. The van der Waals surface area contributed by atoms with Gasteiger partial charge in [0.25, 0.3) is 5.91 Å². The van der Waals surface area contributed by atoms with Crippen LogP contribution in [-0.4, -0.2) is 24.1 Å². The molecule has 40 heavy (non-hydrogen) atoms. The number of amides is 1. The Morgan fingerprint density at radius 1 is 0.950 bits per heavy atom. The Balaban J connectivity index is 1.33. The summed E-state index contributed by atoms with van der Waals surface area (Å²) in [5, 5.41) is 15.2. The zero-order chi connectivity index (χ0) is 27.9. The van der Waals surface area contributed by atoms with Crippen molar-refractivity contribution in [2.75, 3.05) is 18.5 Å². The number of nitriles is 1. The normalized spacial score (nSPS) is 11.3. The average molecular weight is 550 g/mol. The van der Waals surface area contributed by atoms with E-state index in [2.05, 4.69) is 28.5 Å². The molecule has 0 radical (unpaired) electrons. The summed E-state index contributed by atoms with van der Waals surface area (Å²) in [5.74, 6) is 1.31. The van der Waals surface area contributed by atoms with Crippen molar-refractivity contribution in [3.8, 4) is 23.3 Å². The highest BCUT2D eigenvalue weighted by molar-refractivity contribution is 7.22. The van der Waals surface area contributed by atoms with Crippen LogP contribution in [-0.2, 0) is 11.4 Å². The second kappa shape index (κ2) is 12.3. The van der Waals surface area contributed by atoms with Crippen molar-refractivity contribution in [1.82, 2.24) is 4.98 Å². The average Bonchev–Trinajstić information content (AvgIpc) is 3.37. The van der Waals surface area contributed by atoms with Crippen LogP contribution in [0.2, 0.25) is 0 Å². The minimum atomic E-state index is -0.541. The van der Waals surface area contributed by atoms with Crippen molar-refractivity contribution in [3.63, 3.8) is 0 Å². The van der Waals surface area contributed by atoms with Gasteiger partial charge in [0.1, 0.15) is 24.0 Å². The molecule has 0 saturated carbocycles. The lowest BCUT2D eigenvalue weighted by molar-refractivity contribution is -0.112. The maximum atomic E-state index is 12.9. The maximum absolute atomic E-state index is 12.9. The quantitative estimate of drug-likeness (QED) is 0.144. The Bertz CT molecular complexity index is 1750. The van der Waals surface area contributed by atoms with Gasteiger partial charge in [-0.1, -0.05) is 59.9 Å². The first-order chi connectivity index (χ1) is 19.6. The SMILES string of the molecule is CCOc1ccc2nc(NC(=O)/C(C#N)=C/c3ccc(OCc4cccc5ccccc45)c(OCC)c3)sc2c1. The van der Waals surface area contributed by atoms with E-state index >= 15 is 0 Å². The molecule has 5 aromatic rings. The summed E-state index contributed by atoms with van der Waals surface area (Å²) >= 11 is 1.32. The molecule has 0 aliphatic rings. The van der Waals surface area contributed by atoms with Crippen molar-refractivity contribution >= 4 is 49.4 Å². The molecule has 8 heteroatoms. The van der Waals surface area contributed by atoms with E-state index in [1.807, 2.05) is 62.4 Å². The number of thiazole rings is 1. The number of rotatable bonds is 10. The van der Waals surface area contributed by atoms with Crippen LogP contribution in [0.5, 0.6) is 17.2 Å². The number of nitrogens with zero attached hydrogens (tertiary/aromatic N) is 2. The van der Waals surface area contributed by atoms with Crippen molar-refractivity contribution < 1.29 is 19.0 Å². The lowest BCUT2D eigenvalue weighted by Gasteiger charge is -2.14. The highest BCUT2D eigenvalue weighted by Gasteiger charge is 2.14. The first-order valence-electron chi connectivity index (χ1n) is 12.9. The van der Waals surface area contributed by atoms with E-state index in [1.54, 1.807) is 18.2 Å². The summed E-state index contributed by atoms with van der Waals surface area (Å²) in [7, 11) is 0. The van der Waals surface area contributed by atoms with E-state index in [9.17, 15) is 10.1 Å². The van der Waals surface area contributed by atoms with Gasteiger partial charge in [-0.15, -0.1) is 0 Å². The third-order valence-electron chi connectivity index (χ3n) is 6.10.